The van der Waals surface area contributed by atoms with Crippen molar-refractivity contribution in [2.75, 3.05) is 12.3 Å². The van der Waals surface area contributed by atoms with Gasteiger partial charge in [0.2, 0.25) is 0 Å². The van der Waals surface area contributed by atoms with E-state index >= 15 is 0 Å². The van der Waals surface area contributed by atoms with Gasteiger partial charge in [-0.1, -0.05) is 6.07 Å². The minimum absolute atomic E-state index is 0.757. The van der Waals surface area contributed by atoms with E-state index in [9.17, 15) is 0 Å². The van der Waals surface area contributed by atoms with E-state index in [0.717, 1.165) is 29.6 Å². The molecule has 76 valence electrons. The molecular weight excluding hydrogens is 192 g/mol. The Bertz CT molecular complexity index is 321. The van der Waals surface area contributed by atoms with Crippen molar-refractivity contribution < 1.29 is 0 Å². The highest BCUT2D eigenvalue weighted by Gasteiger charge is 2.19. The average Bonchev–Trinajstić information content (AvgIpc) is 2.95. The largest absolute Gasteiger partial charge is 0.398 e. The Morgan fingerprint density at radius 2 is 2.21 bits per heavy atom. The Hall–Kier alpha value is -0.670. The van der Waals surface area contributed by atoms with Gasteiger partial charge in [0, 0.05) is 16.6 Å². The highest BCUT2D eigenvalue weighted by Crippen LogP contribution is 2.20. The van der Waals surface area contributed by atoms with E-state index in [1.807, 2.05) is 12.1 Å². The van der Waals surface area contributed by atoms with Gasteiger partial charge in [-0.05, 0) is 43.5 Å². The number of anilines is 1. The summed E-state index contributed by atoms with van der Waals surface area (Å²) in [5.74, 6) is 0. The van der Waals surface area contributed by atoms with Crippen molar-refractivity contribution in [3.63, 3.8) is 0 Å². The molecule has 2 rings (SSSR count). The van der Waals surface area contributed by atoms with Crippen LogP contribution in [0.1, 0.15) is 18.4 Å². The van der Waals surface area contributed by atoms with E-state index in [0.29, 0.717) is 0 Å². The molecule has 0 heterocycles. The maximum absolute atomic E-state index is 5.68. The van der Waals surface area contributed by atoms with Crippen molar-refractivity contribution in [2.45, 2.75) is 30.2 Å². The van der Waals surface area contributed by atoms with Crippen molar-refractivity contribution in [3.05, 3.63) is 23.8 Å². The summed E-state index contributed by atoms with van der Waals surface area (Å²) in [7, 11) is 0. The topological polar surface area (TPSA) is 38.0 Å². The molecule has 1 fully saturated rings. The maximum Gasteiger partial charge on any atom is 0.0449 e. The predicted octanol–water partition coefficient (Wildman–Crippen LogP) is 1.85. The van der Waals surface area contributed by atoms with Gasteiger partial charge in [-0.15, -0.1) is 12.6 Å². The van der Waals surface area contributed by atoms with E-state index in [2.05, 4.69) is 24.0 Å². The Labute approximate surface area is 90.3 Å². The van der Waals surface area contributed by atoms with Gasteiger partial charge in [0.15, 0.2) is 0 Å². The molecule has 0 radical (unpaired) electrons. The minimum Gasteiger partial charge on any atom is -0.398 e. The van der Waals surface area contributed by atoms with Gasteiger partial charge >= 0.3 is 0 Å². The predicted molar refractivity (Wildman–Crippen MR) is 62.8 cm³/mol. The lowest BCUT2D eigenvalue weighted by Crippen LogP contribution is -2.19. The summed E-state index contributed by atoms with van der Waals surface area (Å²) in [6.45, 7) is 1.06. The fourth-order valence-electron chi connectivity index (χ4n) is 1.45. The van der Waals surface area contributed by atoms with Crippen LogP contribution in [0.3, 0.4) is 0 Å². The molecule has 0 saturated heterocycles. The second-order valence-electron chi connectivity index (χ2n) is 3.87. The number of benzene rings is 1. The standard InChI is InChI=1S/C11H16N2S/c12-10-4-1-8(7-11(10)14)5-6-13-9-2-3-9/h1,4,7,9,13-14H,2-3,5-6,12H2. The number of thiol groups is 1. The first-order valence-corrected chi connectivity index (χ1v) is 5.51. The van der Waals surface area contributed by atoms with Gasteiger partial charge in [-0.3, -0.25) is 0 Å². The van der Waals surface area contributed by atoms with E-state index < -0.39 is 0 Å². The number of rotatable bonds is 4. The summed E-state index contributed by atoms with van der Waals surface area (Å²) in [6.07, 6.45) is 3.75. The Morgan fingerprint density at radius 1 is 1.43 bits per heavy atom. The molecule has 2 nitrogen and oxygen atoms in total. The van der Waals surface area contributed by atoms with Crippen LogP contribution in [-0.2, 0) is 6.42 Å². The minimum atomic E-state index is 0.757. The van der Waals surface area contributed by atoms with E-state index in [1.54, 1.807) is 0 Å². The van der Waals surface area contributed by atoms with E-state index in [4.69, 9.17) is 5.73 Å². The Kier molecular flexibility index (Phi) is 2.99. The molecule has 1 aliphatic rings. The third-order valence-electron chi connectivity index (χ3n) is 2.52. The second kappa shape index (κ2) is 4.24. The third kappa shape index (κ3) is 2.66. The van der Waals surface area contributed by atoms with Gasteiger partial charge < -0.3 is 11.1 Å². The van der Waals surface area contributed by atoms with E-state index in [1.165, 1.54) is 18.4 Å². The first-order valence-electron chi connectivity index (χ1n) is 5.06. The monoisotopic (exact) mass is 208 g/mol. The molecule has 0 bridgehead atoms. The van der Waals surface area contributed by atoms with Crippen LogP contribution < -0.4 is 11.1 Å². The summed E-state index contributed by atoms with van der Waals surface area (Å²) < 4.78 is 0. The molecule has 1 aromatic carbocycles. The SMILES string of the molecule is Nc1ccc(CCNC2CC2)cc1S. The number of nitrogen functional groups attached to an aromatic ring is 1. The van der Waals surface area contributed by atoms with Crippen LogP contribution in [-0.4, -0.2) is 12.6 Å². The summed E-state index contributed by atoms with van der Waals surface area (Å²) in [4.78, 5) is 0.883. The van der Waals surface area contributed by atoms with Crippen LogP contribution in [0.5, 0.6) is 0 Å². The first kappa shape index (κ1) is 9.87. The van der Waals surface area contributed by atoms with Crippen LogP contribution in [0, 0.1) is 0 Å². The number of nitrogens with two attached hydrogens (primary N) is 1. The fourth-order valence-corrected chi connectivity index (χ4v) is 1.69. The van der Waals surface area contributed by atoms with Gasteiger partial charge in [0.1, 0.15) is 0 Å². The van der Waals surface area contributed by atoms with Crippen molar-refractivity contribution in [2.24, 2.45) is 0 Å². The molecule has 0 aromatic heterocycles. The van der Waals surface area contributed by atoms with Crippen molar-refractivity contribution in [1.29, 1.82) is 0 Å². The van der Waals surface area contributed by atoms with Crippen LogP contribution in [0.4, 0.5) is 5.69 Å². The average molecular weight is 208 g/mol. The first-order chi connectivity index (χ1) is 6.75. The van der Waals surface area contributed by atoms with E-state index in [-0.39, 0.29) is 0 Å². The normalized spacial score (nSPS) is 15.8. The molecule has 0 amide bonds. The molecule has 0 atom stereocenters. The summed E-state index contributed by atoms with van der Waals surface area (Å²) in [5.41, 5.74) is 7.74. The zero-order valence-corrected chi connectivity index (χ0v) is 9.06. The summed E-state index contributed by atoms with van der Waals surface area (Å²) >= 11 is 4.30. The molecule has 1 aromatic rings. The zero-order chi connectivity index (χ0) is 9.97. The number of nitrogens with one attached hydrogen (secondary N) is 1. The van der Waals surface area contributed by atoms with Gasteiger partial charge in [0.25, 0.3) is 0 Å². The molecule has 1 aliphatic carbocycles. The molecule has 3 heteroatoms. The molecular formula is C11H16N2S. The molecule has 1 saturated carbocycles. The van der Waals surface area contributed by atoms with Crippen molar-refractivity contribution in [3.8, 4) is 0 Å². The quantitative estimate of drug-likeness (QED) is 0.522. The molecule has 0 aliphatic heterocycles. The third-order valence-corrected chi connectivity index (χ3v) is 2.91. The Morgan fingerprint density at radius 3 is 2.86 bits per heavy atom. The molecule has 14 heavy (non-hydrogen) atoms. The molecule has 0 spiro atoms. The van der Waals surface area contributed by atoms with Crippen molar-refractivity contribution in [1.82, 2.24) is 5.32 Å². The van der Waals surface area contributed by atoms with Gasteiger partial charge in [-0.2, -0.15) is 0 Å². The lowest BCUT2D eigenvalue weighted by atomic mass is 10.1. The fraction of sp³-hybridized carbons (Fsp3) is 0.455. The number of hydrogen-bond donors (Lipinski definition) is 3. The highest BCUT2D eigenvalue weighted by molar-refractivity contribution is 7.80. The summed E-state index contributed by atoms with van der Waals surface area (Å²) in [5, 5.41) is 3.48. The lowest BCUT2D eigenvalue weighted by molar-refractivity contribution is 0.681. The van der Waals surface area contributed by atoms with Gasteiger partial charge in [-0.25, -0.2) is 0 Å². The molecule has 3 N–H and O–H groups in total. The molecule has 0 unspecified atom stereocenters. The Balaban J connectivity index is 1.85. The van der Waals surface area contributed by atoms with Crippen LogP contribution in [0.25, 0.3) is 0 Å². The second-order valence-corrected chi connectivity index (χ2v) is 4.35. The smallest absolute Gasteiger partial charge is 0.0449 e. The lowest BCUT2D eigenvalue weighted by Gasteiger charge is -2.05. The number of hydrogen-bond acceptors (Lipinski definition) is 3. The van der Waals surface area contributed by atoms with Gasteiger partial charge in [0.05, 0.1) is 0 Å². The van der Waals surface area contributed by atoms with Crippen LogP contribution in [0.15, 0.2) is 23.1 Å². The summed E-state index contributed by atoms with van der Waals surface area (Å²) in [6, 6.07) is 6.84. The van der Waals surface area contributed by atoms with Crippen LogP contribution in [0.2, 0.25) is 0 Å². The van der Waals surface area contributed by atoms with Crippen LogP contribution >= 0.6 is 12.6 Å². The zero-order valence-electron chi connectivity index (χ0n) is 8.16. The van der Waals surface area contributed by atoms with Crippen molar-refractivity contribution >= 4 is 18.3 Å². The highest BCUT2D eigenvalue weighted by atomic mass is 32.1. The maximum atomic E-state index is 5.68.